The molecule has 4 heterocycles. The Morgan fingerprint density at radius 1 is 1.00 bits per heavy atom. The molecule has 4 fully saturated rings. The molecule has 1 aromatic carbocycles. The second-order valence-electron chi connectivity index (χ2n) is 14.0. The predicted molar refractivity (Wildman–Crippen MR) is 171 cm³/mol. The molecular weight excluding hydrogens is 577 g/mol. The molecule has 1 aliphatic carbocycles. The van der Waals surface area contributed by atoms with Gasteiger partial charge in [0, 0.05) is 80.9 Å². The quantitative estimate of drug-likeness (QED) is 0.457. The van der Waals surface area contributed by atoms with Crippen LogP contribution < -0.4 is 0 Å². The Bertz CT molecular complexity index is 1400. The molecule has 1 N–H and O–H groups in total. The molecule has 242 valence electrons. The molecule has 0 bridgehead atoms. The lowest BCUT2D eigenvalue weighted by Crippen LogP contribution is -2.62. The number of halogens is 1. The number of piperazine rings is 1. The van der Waals surface area contributed by atoms with Crippen LogP contribution in [-0.4, -0.2) is 100 Å². The van der Waals surface area contributed by atoms with Crippen LogP contribution in [0, 0.1) is 25.6 Å². The van der Waals surface area contributed by atoms with Crippen LogP contribution in [0.1, 0.15) is 87.0 Å². The van der Waals surface area contributed by atoms with Gasteiger partial charge in [-0.05, 0) is 101 Å². The summed E-state index contributed by atoms with van der Waals surface area (Å²) in [5.74, 6) is 0.0572. The summed E-state index contributed by atoms with van der Waals surface area (Å²) in [6, 6.07) is 9.35. The van der Waals surface area contributed by atoms with Gasteiger partial charge >= 0.3 is 0 Å². The first-order chi connectivity index (χ1) is 21.0. The summed E-state index contributed by atoms with van der Waals surface area (Å²) in [5.41, 5.74) is 3.94. The van der Waals surface area contributed by atoms with Crippen LogP contribution in [0.15, 0.2) is 36.5 Å². The molecule has 1 saturated carbocycles. The number of pyridine rings is 1. The molecule has 1 aromatic heterocycles. The molecule has 0 amide bonds. The second-order valence-corrected chi connectivity index (χ2v) is 16.3. The third-order valence-corrected chi connectivity index (χ3v) is 13.5. The van der Waals surface area contributed by atoms with Crippen molar-refractivity contribution in [3.05, 3.63) is 64.7 Å². The third-order valence-electron chi connectivity index (χ3n) is 11.1. The molecule has 3 saturated heterocycles. The summed E-state index contributed by atoms with van der Waals surface area (Å²) < 4.78 is 42.1. The van der Waals surface area contributed by atoms with E-state index in [9.17, 15) is 17.9 Å². The van der Waals surface area contributed by atoms with Gasteiger partial charge in [0.2, 0.25) is 10.0 Å². The van der Waals surface area contributed by atoms with E-state index in [2.05, 4.69) is 33.5 Å². The van der Waals surface area contributed by atoms with Gasteiger partial charge in [0.1, 0.15) is 12.0 Å². The largest absolute Gasteiger partial charge is 0.374 e. The number of aromatic nitrogens is 1. The van der Waals surface area contributed by atoms with E-state index in [0.717, 1.165) is 93.6 Å². The van der Waals surface area contributed by atoms with Gasteiger partial charge in [-0.15, -0.1) is 0 Å². The predicted octanol–water partition coefficient (Wildman–Crippen LogP) is 4.63. The van der Waals surface area contributed by atoms with E-state index in [4.69, 9.17) is 0 Å². The van der Waals surface area contributed by atoms with Crippen LogP contribution in [0.2, 0.25) is 0 Å². The number of piperidine rings is 2. The van der Waals surface area contributed by atoms with Gasteiger partial charge in [-0.3, -0.25) is 19.7 Å². The summed E-state index contributed by atoms with van der Waals surface area (Å²) in [6.45, 7) is 14.2. The van der Waals surface area contributed by atoms with Gasteiger partial charge in [0.05, 0.1) is 5.25 Å². The van der Waals surface area contributed by atoms with Crippen LogP contribution in [0.5, 0.6) is 0 Å². The normalized spacial score (nSPS) is 26.5. The lowest BCUT2D eigenvalue weighted by molar-refractivity contribution is -0.0737. The number of sulfonamides is 1. The zero-order chi connectivity index (χ0) is 31.2. The van der Waals surface area contributed by atoms with E-state index in [1.165, 1.54) is 6.07 Å². The van der Waals surface area contributed by atoms with Gasteiger partial charge in [0.15, 0.2) is 0 Å². The molecule has 3 atom stereocenters. The molecule has 2 aromatic rings. The fourth-order valence-electron chi connectivity index (χ4n) is 8.17. The number of nitrogens with zero attached hydrogens (tertiary/aromatic N) is 5. The average molecular weight is 628 g/mol. The topological polar surface area (TPSA) is 80.2 Å². The zero-order valence-electron chi connectivity index (χ0n) is 26.8. The monoisotopic (exact) mass is 627 g/mol. The smallest absolute Gasteiger partial charge is 0.216 e. The number of aryl methyl sites for hydroxylation is 2. The molecule has 6 rings (SSSR count). The molecular formula is C34H50FN5O3S. The van der Waals surface area contributed by atoms with E-state index >= 15 is 0 Å². The minimum atomic E-state index is -3.17. The standard InChI is InChI=1S/C34H50FN5O3S/c1-24-10-15-36-26(3)31(24)33(41)37-18-13-34(4,14-19-37)38-20-21-40(25(2)23-38)32(28-6-5-7-29(35)22-28)27-11-16-39(17-12-27)44(42,43)30-8-9-30/h5-7,10,15,22,25,27,30,32-33,41H,8-9,11-14,16-21,23H2,1-4H3. The summed E-state index contributed by atoms with van der Waals surface area (Å²) in [5, 5.41) is 11.1. The Hall–Kier alpha value is -1.95. The summed E-state index contributed by atoms with van der Waals surface area (Å²) in [7, 11) is -3.17. The van der Waals surface area contributed by atoms with Gasteiger partial charge in [0.25, 0.3) is 0 Å². The van der Waals surface area contributed by atoms with Gasteiger partial charge < -0.3 is 5.11 Å². The minimum absolute atomic E-state index is 0.0481. The van der Waals surface area contributed by atoms with Crippen molar-refractivity contribution in [3.8, 4) is 0 Å². The van der Waals surface area contributed by atoms with Crippen LogP contribution in [0.3, 0.4) is 0 Å². The van der Waals surface area contributed by atoms with Crippen molar-refractivity contribution in [3.63, 3.8) is 0 Å². The Kier molecular flexibility index (Phi) is 9.23. The first kappa shape index (κ1) is 32.0. The van der Waals surface area contributed by atoms with E-state index < -0.39 is 16.3 Å². The van der Waals surface area contributed by atoms with Crippen molar-refractivity contribution in [2.75, 3.05) is 45.8 Å². The van der Waals surface area contributed by atoms with Crippen LogP contribution >= 0.6 is 0 Å². The van der Waals surface area contributed by atoms with Crippen molar-refractivity contribution < 1.29 is 17.9 Å². The third kappa shape index (κ3) is 6.35. The molecule has 10 heteroatoms. The van der Waals surface area contributed by atoms with Crippen molar-refractivity contribution >= 4 is 10.0 Å². The maximum atomic E-state index is 14.5. The molecule has 0 radical (unpaired) electrons. The highest BCUT2D eigenvalue weighted by Gasteiger charge is 2.45. The number of aliphatic hydroxyl groups excluding tert-OH is 1. The maximum absolute atomic E-state index is 14.5. The number of hydrogen-bond donors (Lipinski definition) is 1. The SMILES string of the molecule is Cc1ccnc(C)c1C(O)N1CCC(C)(N2CCN(C(c3cccc(F)c3)C3CCN(S(=O)(=O)C4CC4)CC3)C(C)C2)CC1. The Labute approximate surface area is 263 Å². The molecule has 0 spiro atoms. The van der Waals surface area contributed by atoms with Crippen LogP contribution in [0.25, 0.3) is 0 Å². The first-order valence-corrected chi connectivity index (χ1v) is 18.1. The fraction of sp³-hybridized carbons (Fsp3) is 0.676. The van der Waals surface area contributed by atoms with E-state index in [-0.39, 0.29) is 34.6 Å². The van der Waals surface area contributed by atoms with E-state index in [1.54, 1.807) is 16.6 Å². The van der Waals surface area contributed by atoms with Crippen LogP contribution in [-0.2, 0) is 10.0 Å². The van der Waals surface area contributed by atoms with Crippen molar-refractivity contribution in [1.29, 1.82) is 0 Å². The van der Waals surface area contributed by atoms with E-state index in [0.29, 0.717) is 13.1 Å². The summed E-state index contributed by atoms with van der Waals surface area (Å²) in [6.07, 6.45) is 6.30. The van der Waals surface area contributed by atoms with Crippen molar-refractivity contribution in [2.45, 2.75) is 95.3 Å². The molecule has 44 heavy (non-hydrogen) atoms. The molecule has 8 nitrogen and oxygen atoms in total. The molecule has 4 aliphatic rings. The lowest BCUT2D eigenvalue weighted by Gasteiger charge is -2.54. The summed E-state index contributed by atoms with van der Waals surface area (Å²) >= 11 is 0. The highest BCUT2D eigenvalue weighted by Crippen LogP contribution is 2.42. The Balaban J connectivity index is 1.12. The van der Waals surface area contributed by atoms with Gasteiger partial charge in [-0.1, -0.05) is 12.1 Å². The average Bonchev–Trinajstić information content (AvgIpc) is 3.85. The Morgan fingerprint density at radius 3 is 2.32 bits per heavy atom. The van der Waals surface area contributed by atoms with E-state index in [1.807, 2.05) is 32.0 Å². The number of hydrogen-bond acceptors (Lipinski definition) is 7. The van der Waals surface area contributed by atoms with Gasteiger partial charge in [-0.25, -0.2) is 17.1 Å². The number of benzene rings is 1. The number of aliphatic hydroxyl groups is 1. The first-order valence-electron chi connectivity index (χ1n) is 16.6. The van der Waals surface area contributed by atoms with Crippen molar-refractivity contribution in [1.82, 2.24) is 24.0 Å². The van der Waals surface area contributed by atoms with Crippen molar-refractivity contribution in [2.24, 2.45) is 5.92 Å². The fourth-order valence-corrected chi connectivity index (χ4v) is 10.0. The molecule has 3 aliphatic heterocycles. The van der Waals surface area contributed by atoms with Gasteiger partial charge in [-0.2, -0.15) is 0 Å². The Morgan fingerprint density at radius 2 is 1.70 bits per heavy atom. The summed E-state index contributed by atoms with van der Waals surface area (Å²) in [4.78, 5) is 11.8. The minimum Gasteiger partial charge on any atom is -0.374 e. The zero-order valence-corrected chi connectivity index (χ0v) is 27.6. The highest BCUT2D eigenvalue weighted by atomic mass is 32.2. The number of likely N-dealkylation sites (tertiary alicyclic amines) is 1. The number of rotatable bonds is 8. The second kappa shape index (κ2) is 12.7. The lowest BCUT2D eigenvalue weighted by atomic mass is 9.82. The highest BCUT2D eigenvalue weighted by molar-refractivity contribution is 7.90. The van der Waals surface area contributed by atoms with Crippen LogP contribution in [0.4, 0.5) is 4.39 Å². The maximum Gasteiger partial charge on any atom is 0.216 e. The molecule has 3 unspecified atom stereocenters.